The molecule has 0 fully saturated rings. The lowest BCUT2D eigenvalue weighted by Gasteiger charge is -2.21. The maximum atomic E-state index is 13.5. The monoisotopic (exact) mass is 471 g/mol. The lowest BCUT2D eigenvalue weighted by molar-refractivity contribution is -0.117. The minimum atomic E-state index is -0.693. The zero-order valence-electron chi connectivity index (χ0n) is 19.2. The molecule has 2 N–H and O–H groups in total. The number of carbonyl (C=O) groups excluding carboxylic acids is 2. The molecule has 34 heavy (non-hydrogen) atoms. The highest BCUT2D eigenvalue weighted by Gasteiger charge is 2.35. The molecular formula is C27H25N3O3S. The van der Waals surface area contributed by atoms with E-state index in [0.29, 0.717) is 10.9 Å². The highest BCUT2D eigenvalue weighted by molar-refractivity contribution is 8.15. The molecule has 0 spiro atoms. The SMILES string of the molecule is COc1ccc(/C=C2/N=C(S[C@H](C(N)=O)c3ccccc3)N(c3cc(C)cc(C)c3)C2=O)cc1. The Kier molecular flexibility index (Phi) is 6.84. The third-order valence-corrected chi connectivity index (χ3v) is 6.52. The first-order valence-electron chi connectivity index (χ1n) is 10.7. The van der Waals surface area contributed by atoms with E-state index in [-0.39, 0.29) is 11.6 Å². The molecule has 1 atom stereocenters. The van der Waals surface area contributed by atoms with Crippen molar-refractivity contribution in [2.24, 2.45) is 10.7 Å². The van der Waals surface area contributed by atoms with Gasteiger partial charge in [-0.1, -0.05) is 60.3 Å². The Labute approximate surface area is 203 Å². The molecule has 0 radical (unpaired) electrons. The van der Waals surface area contributed by atoms with Gasteiger partial charge in [0.15, 0.2) is 5.17 Å². The van der Waals surface area contributed by atoms with Gasteiger partial charge in [0.25, 0.3) is 5.91 Å². The highest BCUT2D eigenvalue weighted by Crippen LogP contribution is 2.37. The fourth-order valence-corrected chi connectivity index (χ4v) is 4.83. The minimum Gasteiger partial charge on any atom is -0.497 e. The number of hydrogen-bond acceptors (Lipinski definition) is 5. The number of aliphatic imine (C=N–C) groups is 1. The predicted octanol–water partition coefficient (Wildman–Crippen LogP) is 5.02. The number of rotatable bonds is 6. The molecule has 1 heterocycles. The average Bonchev–Trinajstić information content (AvgIpc) is 3.12. The summed E-state index contributed by atoms with van der Waals surface area (Å²) < 4.78 is 5.21. The normalized spacial score (nSPS) is 15.4. The van der Waals surface area contributed by atoms with Gasteiger partial charge in [0.1, 0.15) is 16.7 Å². The van der Waals surface area contributed by atoms with E-state index in [1.165, 1.54) is 11.8 Å². The lowest BCUT2D eigenvalue weighted by Crippen LogP contribution is -2.32. The molecule has 1 aliphatic heterocycles. The molecule has 3 aromatic rings. The summed E-state index contributed by atoms with van der Waals surface area (Å²) >= 11 is 1.17. The van der Waals surface area contributed by atoms with Crippen LogP contribution in [0.5, 0.6) is 5.75 Å². The van der Waals surface area contributed by atoms with Gasteiger partial charge in [-0.15, -0.1) is 0 Å². The number of nitrogens with two attached hydrogens (primary N) is 1. The first kappa shape index (κ1) is 23.3. The highest BCUT2D eigenvalue weighted by atomic mass is 32.2. The smallest absolute Gasteiger partial charge is 0.283 e. The van der Waals surface area contributed by atoms with Crippen LogP contribution in [-0.2, 0) is 9.59 Å². The van der Waals surface area contributed by atoms with Gasteiger partial charge in [0.05, 0.1) is 12.8 Å². The fourth-order valence-electron chi connectivity index (χ4n) is 3.76. The van der Waals surface area contributed by atoms with E-state index in [9.17, 15) is 9.59 Å². The molecule has 0 aromatic heterocycles. The molecule has 0 saturated carbocycles. The van der Waals surface area contributed by atoms with Crippen LogP contribution >= 0.6 is 11.8 Å². The number of ether oxygens (including phenoxy) is 1. The largest absolute Gasteiger partial charge is 0.497 e. The van der Waals surface area contributed by atoms with Crippen molar-refractivity contribution in [3.63, 3.8) is 0 Å². The zero-order chi connectivity index (χ0) is 24.2. The van der Waals surface area contributed by atoms with Gasteiger partial charge in [-0.3, -0.25) is 14.5 Å². The third-order valence-electron chi connectivity index (χ3n) is 5.30. The Morgan fingerprint density at radius 1 is 1.03 bits per heavy atom. The summed E-state index contributed by atoms with van der Waals surface area (Å²) in [6.45, 7) is 3.95. The molecule has 3 aromatic carbocycles. The molecule has 2 amide bonds. The molecule has 4 rings (SSSR count). The van der Waals surface area contributed by atoms with Crippen LogP contribution in [0.2, 0.25) is 0 Å². The maximum absolute atomic E-state index is 13.5. The molecule has 172 valence electrons. The van der Waals surface area contributed by atoms with E-state index in [1.54, 1.807) is 18.1 Å². The summed E-state index contributed by atoms with van der Waals surface area (Å²) in [6.07, 6.45) is 1.73. The van der Waals surface area contributed by atoms with Crippen LogP contribution in [0, 0.1) is 13.8 Å². The molecule has 0 aliphatic carbocycles. The first-order valence-corrected chi connectivity index (χ1v) is 11.6. The van der Waals surface area contributed by atoms with E-state index in [4.69, 9.17) is 10.5 Å². The number of anilines is 1. The molecule has 7 heteroatoms. The van der Waals surface area contributed by atoms with E-state index in [1.807, 2.05) is 86.6 Å². The standard InChI is InChI=1S/C27H25N3O3S/c1-17-13-18(2)15-21(14-17)30-26(32)23(16-19-9-11-22(33-3)12-10-19)29-27(30)34-24(25(28)31)20-7-5-4-6-8-20/h4-16,24H,1-3H3,(H2,28,31)/b23-16+/t24-/m0/s1. The van der Waals surface area contributed by atoms with Crippen molar-refractivity contribution in [2.75, 3.05) is 12.0 Å². The third kappa shape index (κ3) is 5.05. The molecule has 1 aliphatic rings. The van der Waals surface area contributed by atoms with Gasteiger partial charge in [-0.05, 0) is 66.4 Å². The zero-order valence-corrected chi connectivity index (χ0v) is 20.0. The van der Waals surface area contributed by atoms with Crippen LogP contribution in [0.4, 0.5) is 5.69 Å². The van der Waals surface area contributed by atoms with Crippen molar-refractivity contribution in [3.05, 3.63) is 101 Å². The van der Waals surface area contributed by atoms with Gasteiger partial charge < -0.3 is 10.5 Å². The molecule has 0 unspecified atom stereocenters. The summed E-state index contributed by atoms with van der Waals surface area (Å²) in [6, 6.07) is 22.5. The van der Waals surface area contributed by atoms with Gasteiger partial charge >= 0.3 is 0 Å². The van der Waals surface area contributed by atoms with Crippen LogP contribution in [0.1, 0.15) is 27.5 Å². The van der Waals surface area contributed by atoms with Crippen molar-refractivity contribution >= 4 is 40.5 Å². The Balaban J connectivity index is 1.77. The summed E-state index contributed by atoms with van der Waals surface area (Å²) in [7, 11) is 1.60. The molecule has 0 bridgehead atoms. The fraction of sp³-hybridized carbons (Fsp3) is 0.148. The molecular weight excluding hydrogens is 446 g/mol. The van der Waals surface area contributed by atoms with Gasteiger partial charge in [0, 0.05) is 0 Å². The van der Waals surface area contributed by atoms with Gasteiger partial charge in [-0.2, -0.15) is 0 Å². The van der Waals surface area contributed by atoms with Crippen molar-refractivity contribution in [1.82, 2.24) is 0 Å². The number of benzene rings is 3. The lowest BCUT2D eigenvalue weighted by atomic mass is 10.1. The second-order valence-electron chi connectivity index (χ2n) is 7.99. The Hall–Kier alpha value is -3.84. The second kappa shape index (κ2) is 9.97. The quantitative estimate of drug-likeness (QED) is 0.512. The van der Waals surface area contributed by atoms with E-state index >= 15 is 0 Å². The maximum Gasteiger partial charge on any atom is 0.283 e. The van der Waals surface area contributed by atoms with Crippen LogP contribution in [0.3, 0.4) is 0 Å². The van der Waals surface area contributed by atoms with E-state index < -0.39 is 11.2 Å². The van der Waals surface area contributed by atoms with E-state index in [0.717, 1.165) is 28.0 Å². The topological polar surface area (TPSA) is 85.0 Å². The van der Waals surface area contributed by atoms with Crippen molar-refractivity contribution < 1.29 is 14.3 Å². The predicted molar refractivity (Wildman–Crippen MR) is 138 cm³/mol. The number of methoxy groups -OCH3 is 1. The average molecular weight is 472 g/mol. The van der Waals surface area contributed by atoms with Crippen molar-refractivity contribution in [1.29, 1.82) is 0 Å². The number of nitrogens with zero attached hydrogens (tertiary/aromatic N) is 2. The van der Waals surface area contributed by atoms with Crippen LogP contribution in [0.25, 0.3) is 6.08 Å². The van der Waals surface area contributed by atoms with Crippen LogP contribution in [-0.4, -0.2) is 24.1 Å². The van der Waals surface area contributed by atoms with Gasteiger partial charge in [-0.25, -0.2) is 4.99 Å². The Bertz CT molecular complexity index is 1260. The van der Waals surface area contributed by atoms with Gasteiger partial charge in [0.2, 0.25) is 5.91 Å². The van der Waals surface area contributed by atoms with Crippen molar-refractivity contribution in [2.45, 2.75) is 19.1 Å². The molecule has 6 nitrogen and oxygen atoms in total. The summed E-state index contributed by atoms with van der Waals surface area (Å²) in [4.78, 5) is 32.1. The van der Waals surface area contributed by atoms with Crippen LogP contribution < -0.4 is 15.4 Å². The minimum absolute atomic E-state index is 0.264. The first-order chi connectivity index (χ1) is 16.4. The number of carbonyl (C=O) groups is 2. The summed E-state index contributed by atoms with van der Waals surface area (Å²) in [5, 5.41) is -0.288. The summed E-state index contributed by atoms with van der Waals surface area (Å²) in [5.74, 6) is -0.0393. The van der Waals surface area contributed by atoms with Crippen molar-refractivity contribution in [3.8, 4) is 5.75 Å². The molecule has 0 saturated heterocycles. The number of hydrogen-bond donors (Lipinski definition) is 1. The Morgan fingerprint density at radius 2 is 1.68 bits per heavy atom. The number of primary amides is 1. The van der Waals surface area contributed by atoms with Crippen LogP contribution in [0.15, 0.2) is 83.5 Å². The number of amides is 2. The number of amidine groups is 1. The Morgan fingerprint density at radius 3 is 2.26 bits per heavy atom. The van der Waals surface area contributed by atoms with E-state index in [2.05, 4.69) is 4.99 Å². The number of aryl methyl sites for hydroxylation is 2. The second-order valence-corrected chi connectivity index (χ2v) is 9.07. The summed E-state index contributed by atoms with van der Waals surface area (Å²) in [5.41, 5.74) is 10.3. The number of thioether (sulfide) groups is 1.